The fraction of sp³-hybridized carbons (Fsp3) is 0.571. The van der Waals surface area contributed by atoms with E-state index in [0.29, 0.717) is 0 Å². The summed E-state index contributed by atoms with van der Waals surface area (Å²) in [6.45, 7) is -1.21. The van der Waals surface area contributed by atoms with E-state index < -0.39 is 73.6 Å². The molecule has 0 radical (unpaired) electrons. The fourth-order valence-corrected chi connectivity index (χ4v) is 1.88. The van der Waals surface area contributed by atoms with Gasteiger partial charge in [-0.05, 0) is 12.8 Å². The molecule has 2 atom stereocenters. The third-order valence-electron chi connectivity index (χ3n) is 3.18. The van der Waals surface area contributed by atoms with Gasteiger partial charge in [-0.3, -0.25) is 28.8 Å². The molecule has 13 nitrogen and oxygen atoms in total. The highest BCUT2D eigenvalue weighted by molar-refractivity contribution is 5.93. The van der Waals surface area contributed by atoms with Gasteiger partial charge in [0, 0.05) is 12.8 Å². The Hall–Kier alpha value is -3.22. The summed E-state index contributed by atoms with van der Waals surface area (Å²) in [4.78, 5) is 67.6. The van der Waals surface area contributed by atoms with Crippen LogP contribution in [0.25, 0.3) is 0 Å². The first-order valence-corrected chi connectivity index (χ1v) is 7.79. The van der Waals surface area contributed by atoms with Crippen LogP contribution in [0.3, 0.4) is 0 Å². The highest BCUT2D eigenvalue weighted by Crippen LogP contribution is 2.03. The Morgan fingerprint density at radius 2 is 1.22 bits per heavy atom. The number of carbonyl (C=O) groups excluding carboxylic acids is 3. The van der Waals surface area contributed by atoms with E-state index in [1.165, 1.54) is 0 Å². The summed E-state index contributed by atoms with van der Waals surface area (Å²) in [5.41, 5.74) is 5.13. The van der Waals surface area contributed by atoms with Crippen molar-refractivity contribution in [3.05, 3.63) is 0 Å². The van der Waals surface area contributed by atoms with Crippen LogP contribution in [-0.4, -0.2) is 76.1 Å². The van der Waals surface area contributed by atoms with Gasteiger partial charge in [0.05, 0.1) is 6.54 Å². The van der Waals surface area contributed by atoms with Crippen molar-refractivity contribution in [3.8, 4) is 0 Å². The molecule has 3 amide bonds. The largest absolute Gasteiger partial charge is 0.481 e. The van der Waals surface area contributed by atoms with Crippen molar-refractivity contribution in [1.29, 1.82) is 0 Å². The number of amides is 3. The van der Waals surface area contributed by atoms with Gasteiger partial charge in [0.2, 0.25) is 17.7 Å². The second kappa shape index (κ2) is 12.2. The Morgan fingerprint density at radius 1 is 0.741 bits per heavy atom. The van der Waals surface area contributed by atoms with E-state index in [1.807, 2.05) is 5.32 Å². The Morgan fingerprint density at radius 3 is 1.63 bits per heavy atom. The second-order valence-corrected chi connectivity index (χ2v) is 5.36. The molecule has 0 aromatic carbocycles. The van der Waals surface area contributed by atoms with Crippen LogP contribution < -0.4 is 21.7 Å². The van der Waals surface area contributed by atoms with E-state index in [1.54, 1.807) is 0 Å². The first-order valence-electron chi connectivity index (χ1n) is 7.79. The summed E-state index contributed by atoms with van der Waals surface area (Å²) < 4.78 is 0. The van der Waals surface area contributed by atoms with Crippen LogP contribution in [0, 0.1) is 0 Å². The van der Waals surface area contributed by atoms with E-state index in [4.69, 9.17) is 21.1 Å². The fourth-order valence-electron chi connectivity index (χ4n) is 1.88. The Bertz CT molecular complexity index is 593. The Balaban J connectivity index is 5.14. The van der Waals surface area contributed by atoms with Crippen molar-refractivity contribution in [2.75, 3.05) is 13.1 Å². The number of hydrogen-bond donors (Lipinski definition) is 7. The summed E-state index contributed by atoms with van der Waals surface area (Å²) in [5.74, 6) is -6.43. The lowest BCUT2D eigenvalue weighted by Crippen LogP contribution is -2.55. The number of nitrogens with one attached hydrogen (secondary N) is 3. The summed E-state index contributed by atoms with van der Waals surface area (Å²) in [6.07, 6.45) is -1.60. The van der Waals surface area contributed by atoms with E-state index in [9.17, 15) is 28.8 Å². The summed E-state index contributed by atoms with van der Waals surface area (Å²) in [6, 6.07) is -2.72. The maximum Gasteiger partial charge on any atom is 0.322 e. The molecule has 0 rings (SSSR count). The zero-order valence-corrected chi connectivity index (χ0v) is 14.3. The third kappa shape index (κ3) is 11.1. The zero-order chi connectivity index (χ0) is 21.0. The minimum Gasteiger partial charge on any atom is -0.481 e. The lowest BCUT2D eigenvalue weighted by Gasteiger charge is -2.22. The molecule has 0 aliphatic heterocycles. The smallest absolute Gasteiger partial charge is 0.322 e. The Kier molecular flexibility index (Phi) is 10.7. The first-order chi connectivity index (χ1) is 12.6. The number of nitrogens with two attached hydrogens (primary N) is 1. The minimum atomic E-state index is -1.39. The number of hydrogen-bond acceptors (Lipinski definition) is 7. The molecule has 0 saturated carbocycles. The lowest BCUT2D eigenvalue weighted by atomic mass is 10.1. The maximum atomic E-state index is 12.3. The van der Waals surface area contributed by atoms with Gasteiger partial charge in [0.1, 0.15) is 18.6 Å². The highest BCUT2D eigenvalue weighted by Gasteiger charge is 2.27. The first kappa shape index (κ1) is 23.8. The lowest BCUT2D eigenvalue weighted by molar-refractivity contribution is -0.140. The molecule has 2 unspecified atom stereocenters. The van der Waals surface area contributed by atoms with Crippen LogP contribution in [0.2, 0.25) is 0 Å². The van der Waals surface area contributed by atoms with Crippen LogP contribution in [0.15, 0.2) is 0 Å². The van der Waals surface area contributed by atoms with Gasteiger partial charge in [-0.15, -0.1) is 0 Å². The molecule has 0 aliphatic carbocycles. The monoisotopic (exact) mass is 390 g/mol. The Labute approximate surface area is 153 Å². The number of carboxylic acids is 3. The zero-order valence-electron chi connectivity index (χ0n) is 14.3. The van der Waals surface area contributed by atoms with Gasteiger partial charge in [0.25, 0.3) is 0 Å². The van der Waals surface area contributed by atoms with Crippen molar-refractivity contribution >= 4 is 35.6 Å². The van der Waals surface area contributed by atoms with Gasteiger partial charge < -0.3 is 37.0 Å². The molecule has 27 heavy (non-hydrogen) atoms. The van der Waals surface area contributed by atoms with E-state index >= 15 is 0 Å². The highest BCUT2D eigenvalue weighted by atomic mass is 16.4. The van der Waals surface area contributed by atoms with E-state index in [0.717, 1.165) is 0 Å². The molecular weight excluding hydrogens is 368 g/mol. The van der Waals surface area contributed by atoms with Crippen LogP contribution in [0.5, 0.6) is 0 Å². The molecule has 13 heteroatoms. The van der Waals surface area contributed by atoms with Crippen LogP contribution in [0.4, 0.5) is 0 Å². The van der Waals surface area contributed by atoms with Gasteiger partial charge in [-0.1, -0.05) is 0 Å². The molecule has 0 aromatic heterocycles. The second-order valence-electron chi connectivity index (χ2n) is 5.36. The van der Waals surface area contributed by atoms with Gasteiger partial charge in [-0.2, -0.15) is 0 Å². The standard InChI is InChI=1S/C14H22N4O9/c15-5-9(19)17-8(2-4-11(22)23)14(27)18-7(1-3-10(20)21)13(26)16-6-12(24)25/h7-8H,1-6,15H2,(H,16,26)(H,17,19)(H,18,27)(H,20,21)(H,22,23)(H,24,25). The minimum absolute atomic E-state index is 0.296. The van der Waals surface area contributed by atoms with E-state index in [2.05, 4.69) is 10.6 Å². The summed E-state index contributed by atoms with van der Waals surface area (Å²) in [5, 5.41) is 32.4. The molecule has 0 fully saturated rings. The number of aliphatic carboxylic acids is 3. The number of carbonyl (C=O) groups is 6. The molecule has 8 N–H and O–H groups in total. The van der Waals surface area contributed by atoms with Crippen LogP contribution in [-0.2, 0) is 28.8 Å². The third-order valence-corrected chi connectivity index (χ3v) is 3.18. The molecule has 0 aliphatic rings. The molecule has 0 saturated heterocycles. The van der Waals surface area contributed by atoms with Gasteiger partial charge >= 0.3 is 17.9 Å². The SMILES string of the molecule is NCC(=O)NC(CCC(=O)O)C(=O)NC(CCC(=O)O)C(=O)NCC(=O)O. The molecule has 0 heterocycles. The predicted molar refractivity (Wildman–Crippen MR) is 87.3 cm³/mol. The maximum absolute atomic E-state index is 12.3. The number of carboxylic acid groups (broad SMARTS) is 3. The van der Waals surface area contributed by atoms with Gasteiger partial charge in [-0.25, -0.2) is 0 Å². The van der Waals surface area contributed by atoms with Crippen LogP contribution in [0.1, 0.15) is 25.7 Å². The van der Waals surface area contributed by atoms with Crippen molar-refractivity contribution in [3.63, 3.8) is 0 Å². The average molecular weight is 390 g/mol. The van der Waals surface area contributed by atoms with Crippen molar-refractivity contribution < 1.29 is 44.1 Å². The summed E-state index contributed by atoms with van der Waals surface area (Å²) in [7, 11) is 0. The molecule has 152 valence electrons. The average Bonchev–Trinajstić information content (AvgIpc) is 2.58. The quantitative estimate of drug-likeness (QED) is 0.167. The molecule has 0 bridgehead atoms. The topological polar surface area (TPSA) is 225 Å². The van der Waals surface area contributed by atoms with Crippen molar-refractivity contribution in [1.82, 2.24) is 16.0 Å². The van der Waals surface area contributed by atoms with Crippen molar-refractivity contribution in [2.24, 2.45) is 5.73 Å². The predicted octanol–water partition coefficient (Wildman–Crippen LogP) is -3.15. The molecular formula is C14H22N4O9. The normalized spacial score (nSPS) is 12.3. The molecule has 0 aromatic rings. The van der Waals surface area contributed by atoms with Gasteiger partial charge in [0.15, 0.2) is 0 Å². The molecule has 0 spiro atoms. The summed E-state index contributed by atoms with van der Waals surface area (Å²) >= 11 is 0. The van der Waals surface area contributed by atoms with Crippen molar-refractivity contribution in [2.45, 2.75) is 37.8 Å². The number of rotatable bonds is 13. The van der Waals surface area contributed by atoms with E-state index in [-0.39, 0.29) is 12.8 Å². The van der Waals surface area contributed by atoms with Crippen LogP contribution >= 0.6 is 0 Å².